The smallest absolute Gasteiger partial charge is 0.251 e. The van der Waals surface area contributed by atoms with E-state index in [2.05, 4.69) is 10.2 Å². The van der Waals surface area contributed by atoms with Crippen LogP contribution in [0.5, 0.6) is 17.2 Å². The van der Waals surface area contributed by atoms with E-state index >= 15 is 0 Å². The number of hydrogen-bond acceptors (Lipinski definition) is 6. The summed E-state index contributed by atoms with van der Waals surface area (Å²) in [7, 11) is 4.94. The topological polar surface area (TPSA) is 69.3 Å². The monoisotopic (exact) mass is 472 g/mol. The van der Waals surface area contributed by atoms with Crippen molar-refractivity contribution >= 4 is 5.91 Å². The van der Waals surface area contributed by atoms with Crippen LogP contribution in [0.25, 0.3) is 0 Å². The average molecular weight is 473 g/mol. The van der Waals surface area contributed by atoms with Gasteiger partial charge in [-0.3, -0.25) is 9.69 Å². The molecule has 1 N–H and O–H groups in total. The molecule has 2 heterocycles. The molecule has 0 radical (unpaired) electrons. The second-order valence-electron chi connectivity index (χ2n) is 8.97. The van der Waals surface area contributed by atoms with Crippen molar-refractivity contribution < 1.29 is 28.1 Å². The maximum absolute atomic E-state index is 13.4. The Hall–Kier alpha value is -2.84. The zero-order valence-corrected chi connectivity index (χ0v) is 20.1. The molecule has 1 unspecified atom stereocenters. The minimum atomic E-state index is -0.416. The molecule has 2 aliphatic rings. The highest BCUT2D eigenvalue weighted by molar-refractivity contribution is 5.94. The quantitative estimate of drug-likeness (QED) is 0.631. The number of carbonyl (C=O) groups excluding carboxylic acids is 1. The Balaban J connectivity index is 1.30. The third-order valence-electron chi connectivity index (χ3n) is 6.88. The number of halogens is 1. The van der Waals surface area contributed by atoms with Gasteiger partial charge in [0.2, 0.25) is 0 Å². The van der Waals surface area contributed by atoms with Gasteiger partial charge in [0.1, 0.15) is 23.1 Å². The maximum Gasteiger partial charge on any atom is 0.251 e. The summed E-state index contributed by atoms with van der Waals surface area (Å²) in [6.07, 6.45) is 3.73. The molecule has 2 fully saturated rings. The number of nitrogens with zero attached hydrogens (tertiary/aromatic N) is 1. The van der Waals surface area contributed by atoms with Crippen molar-refractivity contribution in [2.45, 2.75) is 43.9 Å². The Labute approximate surface area is 200 Å². The first-order valence-electron chi connectivity index (χ1n) is 11.7. The maximum atomic E-state index is 13.4. The van der Waals surface area contributed by atoms with Crippen molar-refractivity contribution in [3.05, 3.63) is 53.3 Å². The lowest BCUT2D eigenvalue weighted by molar-refractivity contribution is -0.0765. The van der Waals surface area contributed by atoms with Crippen LogP contribution in [-0.4, -0.2) is 63.5 Å². The van der Waals surface area contributed by atoms with Crippen LogP contribution in [0.4, 0.5) is 4.39 Å². The minimum Gasteiger partial charge on any atom is -0.496 e. The number of methoxy groups -OCH3 is 3. The van der Waals surface area contributed by atoms with Gasteiger partial charge >= 0.3 is 0 Å². The normalized spacial score (nSPS) is 19.7. The third-order valence-corrected chi connectivity index (χ3v) is 6.88. The van der Waals surface area contributed by atoms with Crippen molar-refractivity contribution in [3.8, 4) is 17.2 Å². The van der Waals surface area contributed by atoms with E-state index in [4.69, 9.17) is 18.9 Å². The number of benzene rings is 2. The van der Waals surface area contributed by atoms with Crippen molar-refractivity contribution in [1.82, 2.24) is 10.2 Å². The van der Waals surface area contributed by atoms with Gasteiger partial charge in [-0.05, 0) is 43.9 Å². The highest BCUT2D eigenvalue weighted by Gasteiger charge is 2.42. The molecule has 2 saturated heterocycles. The van der Waals surface area contributed by atoms with Crippen molar-refractivity contribution in [2.75, 3.05) is 41.0 Å². The van der Waals surface area contributed by atoms with E-state index in [0.717, 1.165) is 62.4 Å². The molecule has 184 valence electrons. The number of nitrogens with one attached hydrogen (secondary N) is 1. The van der Waals surface area contributed by atoms with Gasteiger partial charge in [-0.1, -0.05) is 6.07 Å². The van der Waals surface area contributed by atoms with E-state index < -0.39 is 5.82 Å². The van der Waals surface area contributed by atoms with Gasteiger partial charge in [-0.15, -0.1) is 0 Å². The highest BCUT2D eigenvalue weighted by Crippen LogP contribution is 2.40. The first kappa shape index (κ1) is 24.3. The van der Waals surface area contributed by atoms with E-state index in [1.54, 1.807) is 27.4 Å². The summed E-state index contributed by atoms with van der Waals surface area (Å²) < 4.78 is 36.3. The molecule has 0 aliphatic carbocycles. The van der Waals surface area contributed by atoms with Gasteiger partial charge in [-0.25, -0.2) is 4.39 Å². The van der Waals surface area contributed by atoms with Gasteiger partial charge in [-0.2, -0.15) is 0 Å². The Morgan fingerprint density at radius 2 is 1.79 bits per heavy atom. The lowest BCUT2D eigenvalue weighted by Crippen LogP contribution is -2.45. The molecule has 1 spiro atoms. The molecule has 1 atom stereocenters. The summed E-state index contributed by atoms with van der Waals surface area (Å²) in [5.74, 6) is 1.51. The predicted octanol–water partition coefficient (Wildman–Crippen LogP) is 3.80. The highest BCUT2D eigenvalue weighted by atomic mass is 19.1. The molecule has 4 rings (SSSR count). The fraction of sp³-hybridized carbons (Fsp3) is 0.500. The lowest BCUT2D eigenvalue weighted by atomic mass is 9.88. The van der Waals surface area contributed by atoms with Gasteiger partial charge in [0.25, 0.3) is 5.91 Å². The van der Waals surface area contributed by atoms with Crippen LogP contribution in [0.15, 0.2) is 36.4 Å². The first-order chi connectivity index (χ1) is 16.4. The molecular formula is C26H33FN2O5. The van der Waals surface area contributed by atoms with Crippen LogP contribution in [-0.2, 0) is 11.3 Å². The van der Waals surface area contributed by atoms with E-state index in [1.807, 2.05) is 12.1 Å². The van der Waals surface area contributed by atoms with Crippen LogP contribution in [0, 0.1) is 5.82 Å². The summed E-state index contributed by atoms with van der Waals surface area (Å²) in [5, 5.41) is 2.89. The number of carbonyl (C=O) groups is 1. The largest absolute Gasteiger partial charge is 0.496 e. The van der Waals surface area contributed by atoms with Crippen molar-refractivity contribution in [2.24, 2.45) is 0 Å². The van der Waals surface area contributed by atoms with Gasteiger partial charge in [0, 0.05) is 43.9 Å². The molecule has 0 aromatic heterocycles. The predicted molar refractivity (Wildman–Crippen MR) is 126 cm³/mol. The van der Waals surface area contributed by atoms with E-state index in [-0.39, 0.29) is 17.6 Å². The fourth-order valence-corrected chi connectivity index (χ4v) is 4.92. The Bertz CT molecular complexity index is 981. The Morgan fingerprint density at radius 3 is 2.41 bits per heavy atom. The van der Waals surface area contributed by atoms with Crippen LogP contribution in [0.3, 0.4) is 0 Å². The standard InChI is InChI=1S/C26H33FN2O5/c1-31-21-14-23(32-2)22(24(15-21)33-3)17-29-11-9-26(10-12-29)8-7-20(34-26)16-28-25(30)18-5-4-6-19(27)13-18/h4-6,13-15,20H,7-12,16-17H2,1-3H3,(H,28,30). The van der Waals surface area contributed by atoms with E-state index in [9.17, 15) is 9.18 Å². The lowest BCUT2D eigenvalue weighted by Gasteiger charge is -2.39. The molecule has 2 aliphatic heterocycles. The van der Waals surface area contributed by atoms with E-state index in [0.29, 0.717) is 17.9 Å². The molecule has 2 aromatic carbocycles. The van der Waals surface area contributed by atoms with Crippen LogP contribution >= 0.6 is 0 Å². The molecule has 0 saturated carbocycles. The summed E-state index contributed by atoms with van der Waals surface area (Å²) in [4.78, 5) is 14.7. The minimum absolute atomic E-state index is 0.0224. The summed E-state index contributed by atoms with van der Waals surface area (Å²) >= 11 is 0. The number of amides is 1. The van der Waals surface area contributed by atoms with Gasteiger partial charge in [0.15, 0.2) is 0 Å². The molecule has 1 amide bonds. The third kappa shape index (κ3) is 5.45. The molecule has 34 heavy (non-hydrogen) atoms. The summed E-state index contributed by atoms with van der Waals surface area (Å²) in [6.45, 7) is 2.96. The Morgan fingerprint density at radius 1 is 1.09 bits per heavy atom. The SMILES string of the molecule is COc1cc(OC)c(CN2CCC3(CCC(CNC(=O)c4cccc(F)c4)O3)CC2)c(OC)c1. The average Bonchev–Trinajstić information content (AvgIpc) is 3.26. The summed E-state index contributed by atoms with van der Waals surface area (Å²) in [5.41, 5.74) is 1.19. The Kier molecular flexibility index (Phi) is 7.58. The van der Waals surface area contributed by atoms with Gasteiger partial charge < -0.3 is 24.3 Å². The fourth-order valence-electron chi connectivity index (χ4n) is 4.92. The van der Waals surface area contributed by atoms with Crippen LogP contribution in [0.1, 0.15) is 41.6 Å². The number of rotatable bonds is 8. The van der Waals surface area contributed by atoms with Crippen LogP contribution in [0.2, 0.25) is 0 Å². The molecule has 8 heteroatoms. The van der Waals surface area contributed by atoms with Gasteiger partial charge in [0.05, 0.1) is 38.6 Å². The second kappa shape index (κ2) is 10.6. The van der Waals surface area contributed by atoms with Crippen molar-refractivity contribution in [1.29, 1.82) is 0 Å². The molecule has 7 nitrogen and oxygen atoms in total. The van der Waals surface area contributed by atoms with E-state index in [1.165, 1.54) is 18.2 Å². The molecule has 2 aromatic rings. The molecule has 0 bridgehead atoms. The number of likely N-dealkylation sites (tertiary alicyclic amines) is 1. The van der Waals surface area contributed by atoms with Crippen molar-refractivity contribution in [3.63, 3.8) is 0 Å². The zero-order valence-electron chi connectivity index (χ0n) is 20.1. The second-order valence-corrected chi connectivity index (χ2v) is 8.97. The number of piperidine rings is 1. The molecular weight excluding hydrogens is 439 g/mol. The number of hydrogen-bond donors (Lipinski definition) is 1. The van der Waals surface area contributed by atoms with Crippen LogP contribution < -0.4 is 19.5 Å². The number of ether oxygens (including phenoxy) is 4. The first-order valence-corrected chi connectivity index (χ1v) is 11.7. The summed E-state index contributed by atoms with van der Waals surface area (Å²) in [6, 6.07) is 9.48. The zero-order chi connectivity index (χ0) is 24.1.